The van der Waals surface area contributed by atoms with E-state index in [9.17, 15) is 14.0 Å². The Hall–Kier alpha value is -3.00. The number of nitrogens with one attached hydrogen (secondary N) is 1. The molecule has 1 aliphatic heterocycles. The average Bonchev–Trinajstić information content (AvgIpc) is 2.69. The van der Waals surface area contributed by atoms with Gasteiger partial charge in [-0.15, -0.1) is 0 Å². The normalized spacial score (nSPS) is 14.6. The van der Waals surface area contributed by atoms with Gasteiger partial charge in [-0.3, -0.25) is 9.69 Å². The van der Waals surface area contributed by atoms with Crippen molar-refractivity contribution in [2.45, 2.75) is 6.92 Å². The van der Waals surface area contributed by atoms with Crippen molar-refractivity contribution in [2.24, 2.45) is 0 Å². The maximum absolute atomic E-state index is 12.9. The summed E-state index contributed by atoms with van der Waals surface area (Å²) >= 11 is 0. The second-order valence-electron chi connectivity index (χ2n) is 6.61. The standard InChI is InChI=1S/C20H23FN4O3/c1-14-17(20(27)28-2)7-8-18(22-14)25-11-9-24(10-12-25)13-19(26)23-16-5-3-15(21)4-6-16/h3-8H,9-13H2,1-2H3,(H,23,26). The van der Waals surface area contributed by atoms with Crippen LogP contribution in [0, 0.1) is 12.7 Å². The largest absolute Gasteiger partial charge is 0.465 e. The molecule has 1 aliphatic rings. The van der Waals surface area contributed by atoms with Gasteiger partial charge in [0.15, 0.2) is 0 Å². The van der Waals surface area contributed by atoms with E-state index in [1.54, 1.807) is 13.0 Å². The van der Waals surface area contributed by atoms with E-state index in [1.165, 1.54) is 31.4 Å². The number of carbonyl (C=O) groups is 2. The van der Waals surface area contributed by atoms with Crippen LogP contribution >= 0.6 is 0 Å². The summed E-state index contributed by atoms with van der Waals surface area (Å²) in [5, 5.41) is 2.77. The lowest BCUT2D eigenvalue weighted by Gasteiger charge is -2.35. The van der Waals surface area contributed by atoms with E-state index in [4.69, 9.17) is 4.74 Å². The number of pyridine rings is 1. The van der Waals surface area contributed by atoms with Crippen molar-refractivity contribution in [3.05, 3.63) is 53.5 Å². The third-order valence-corrected chi connectivity index (χ3v) is 4.67. The number of rotatable bonds is 5. The van der Waals surface area contributed by atoms with E-state index in [-0.39, 0.29) is 18.3 Å². The fraction of sp³-hybridized carbons (Fsp3) is 0.350. The first-order valence-electron chi connectivity index (χ1n) is 9.05. The van der Waals surface area contributed by atoms with Crippen LogP contribution in [0.4, 0.5) is 15.9 Å². The Labute approximate surface area is 163 Å². The van der Waals surface area contributed by atoms with E-state index in [2.05, 4.69) is 20.1 Å². The highest BCUT2D eigenvalue weighted by Crippen LogP contribution is 2.17. The molecule has 8 heteroatoms. The summed E-state index contributed by atoms with van der Waals surface area (Å²) in [5.74, 6) is -0.0526. The van der Waals surface area contributed by atoms with Gasteiger partial charge in [0.05, 0.1) is 24.9 Å². The molecule has 0 atom stereocenters. The number of amides is 1. The topological polar surface area (TPSA) is 74.8 Å². The Morgan fingerprint density at radius 1 is 1.11 bits per heavy atom. The Morgan fingerprint density at radius 3 is 2.39 bits per heavy atom. The van der Waals surface area contributed by atoms with Crippen LogP contribution in [0.25, 0.3) is 0 Å². The molecule has 1 saturated heterocycles. The van der Waals surface area contributed by atoms with Crippen molar-refractivity contribution in [1.29, 1.82) is 0 Å². The van der Waals surface area contributed by atoms with Gasteiger partial charge in [0.2, 0.25) is 5.91 Å². The molecule has 0 aliphatic carbocycles. The number of methoxy groups -OCH3 is 1. The molecule has 3 rings (SSSR count). The van der Waals surface area contributed by atoms with E-state index in [0.29, 0.717) is 16.9 Å². The Balaban J connectivity index is 1.51. The predicted octanol–water partition coefficient (Wildman–Crippen LogP) is 2.08. The van der Waals surface area contributed by atoms with Crippen molar-refractivity contribution in [3.8, 4) is 0 Å². The third-order valence-electron chi connectivity index (χ3n) is 4.67. The van der Waals surface area contributed by atoms with Crippen molar-refractivity contribution < 1.29 is 18.7 Å². The smallest absolute Gasteiger partial charge is 0.339 e. The number of aromatic nitrogens is 1. The number of benzene rings is 1. The van der Waals surface area contributed by atoms with Gasteiger partial charge >= 0.3 is 5.97 Å². The number of nitrogens with zero attached hydrogens (tertiary/aromatic N) is 3. The van der Waals surface area contributed by atoms with Gasteiger partial charge in [0.1, 0.15) is 11.6 Å². The molecule has 1 N–H and O–H groups in total. The molecule has 0 spiro atoms. The fourth-order valence-electron chi connectivity index (χ4n) is 3.12. The monoisotopic (exact) mass is 386 g/mol. The van der Waals surface area contributed by atoms with Crippen LogP contribution in [0.15, 0.2) is 36.4 Å². The molecule has 2 aromatic rings. The van der Waals surface area contributed by atoms with Crippen molar-refractivity contribution >= 4 is 23.4 Å². The number of esters is 1. The summed E-state index contributed by atoms with van der Waals surface area (Å²) < 4.78 is 17.7. The van der Waals surface area contributed by atoms with Crippen LogP contribution in [0.2, 0.25) is 0 Å². The van der Waals surface area contributed by atoms with Crippen molar-refractivity contribution in [1.82, 2.24) is 9.88 Å². The Morgan fingerprint density at radius 2 is 1.79 bits per heavy atom. The van der Waals surface area contributed by atoms with Crippen LogP contribution in [-0.4, -0.2) is 61.6 Å². The van der Waals surface area contributed by atoms with Crippen LogP contribution in [0.1, 0.15) is 16.1 Å². The number of ether oxygens (including phenoxy) is 1. The minimum Gasteiger partial charge on any atom is -0.465 e. The summed E-state index contributed by atoms with van der Waals surface area (Å²) in [7, 11) is 1.35. The second kappa shape index (κ2) is 8.79. The van der Waals surface area contributed by atoms with Gasteiger partial charge in [-0.1, -0.05) is 0 Å². The van der Waals surface area contributed by atoms with Gasteiger partial charge in [-0.05, 0) is 43.3 Å². The average molecular weight is 386 g/mol. The molecule has 1 fully saturated rings. The number of carbonyl (C=O) groups excluding carboxylic acids is 2. The summed E-state index contributed by atoms with van der Waals surface area (Å²) in [6.45, 7) is 4.96. The molecule has 2 heterocycles. The first kappa shape index (κ1) is 19.8. The quantitative estimate of drug-likeness (QED) is 0.793. The van der Waals surface area contributed by atoms with Crippen molar-refractivity contribution in [3.63, 3.8) is 0 Å². The lowest BCUT2D eigenvalue weighted by Crippen LogP contribution is -2.49. The molecular weight excluding hydrogens is 363 g/mol. The van der Waals surface area contributed by atoms with Gasteiger partial charge < -0.3 is 15.0 Å². The highest BCUT2D eigenvalue weighted by atomic mass is 19.1. The molecule has 1 aromatic carbocycles. The zero-order valence-electron chi connectivity index (χ0n) is 15.9. The molecule has 148 valence electrons. The molecule has 28 heavy (non-hydrogen) atoms. The summed E-state index contributed by atoms with van der Waals surface area (Å²) in [5.41, 5.74) is 1.67. The molecule has 0 saturated carbocycles. The predicted molar refractivity (Wildman–Crippen MR) is 104 cm³/mol. The van der Waals surface area contributed by atoms with E-state index in [0.717, 1.165) is 32.0 Å². The van der Waals surface area contributed by atoms with E-state index >= 15 is 0 Å². The molecule has 0 bridgehead atoms. The third kappa shape index (κ3) is 4.83. The highest BCUT2D eigenvalue weighted by molar-refractivity contribution is 5.92. The summed E-state index contributed by atoms with van der Waals surface area (Å²) in [4.78, 5) is 32.6. The fourth-order valence-corrected chi connectivity index (χ4v) is 3.12. The van der Waals surface area contributed by atoms with Crippen LogP contribution < -0.4 is 10.2 Å². The molecule has 7 nitrogen and oxygen atoms in total. The number of aryl methyl sites for hydroxylation is 1. The first-order valence-corrected chi connectivity index (χ1v) is 9.05. The van der Waals surface area contributed by atoms with Gasteiger partial charge in [-0.25, -0.2) is 14.2 Å². The summed E-state index contributed by atoms with van der Waals surface area (Å²) in [6, 6.07) is 9.25. The van der Waals surface area contributed by atoms with Gasteiger partial charge in [-0.2, -0.15) is 0 Å². The maximum atomic E-state index is 12.9. The minimum atomic E-state index is -0.395. The first-order chi connectivity index (χ1) is 13.5. The zero-order valence-corrected chi connectivity index (χ0v) is 15.9. The number of hydrogen-bond acceptors (Lipinski definition) is 6. The Bertz CT molecular complexity index is 849. The van der Waals surface area contributed by atoms with Crippen LogP contribution in [-0.2, 0) is 9.53 Å². The molecule has 0 radical (unpaired) electrons. The number of hydrogen-bond donors (Lipinski definition) is 1. The zero-order chi connectivity index (χ0) is 20.1. The maximum Gasteiger partial charge on any atom is 0.339 e. The van der Waals surface area contributed by atoms with E-state index < -0.39 is 5.97 Å². The van der Waals surface area contributed by atoms with E-state index in [1.807, 2.05) is 6.07 Å². The molecular formula is C20H23FN4O3. The molecule has 1 amide bonds. The number of anilines is 2. The van der Waals surface area contributed by atoms with Crippen LogP contribution in [0.3, 0.4) is 0 Å². The lowest BCUT2D eigenvalue weighted by molar-refractivity contribution is -0.117. The molecule has 0 unspecified atom stereocenters. The minimum absolute atomic E-state index is 0.128. The van der Waals surface area contributed by atoms with Crippen LogP contribution in [0.5, 0.6) is 0 Å². The van der Waals surface area contributed by atoms with Crippen molar-refractivity contribution in [2.75, 3.05) is 50.1 Å². The second-order valence-corrected chi connectivity index (χ2v) is 6.61. The number of piperazine rings is 1. The Kier molecular flexibility index (Phi) is 6.20. The summed E-state index contributed by atoms with van der Waals surface area (Å²) in [6.07, 6.45) is 0. The number of halogens is 1. The van der Waals surface area contributed by atoms with Gasteiger partial charge in [0.25, 0.3) is 0 Å². The van der Waals surface area contributed by atoms with Gasteiger partial charge in [0, 0.05) is 31.9 Å². The lowest BCUT2D eigenvalue weighted by atomic mass is 10.2. The molecule has 1 aromatic heterocycles. The SMILES string of the molecule is COC(=O)c1ccc(N2CCN(CC(=O)Nc3ccc(F)cc3)CC2)nc1C. The highest BCUT2D eigenvalue weighted by Gasteiger charge is 2.21.